The van der Waals surface area contributed by atoms with Crippen molar-refractivity contribution in [1.29, 1.82) is 0 Å². The van der Waals surface area contributed by atoms with Crippen molar-refractivity contribution in [3.63, 3.8) is 0 Å². The smallest absolute Gasteiger partial charge is 0.226 e. The van der Waals surface area contributed by atoms with E-state index in [0.29, 0.717) is 5.82 Å². The van der Waals surface area contributed by atoms with Crippen LogP contribution in [0.5, 0.6) is 0 Å². The molecule has 2 fully saturated rings. The predicted octanol–water partition coefficient (Wildman–Crippen LogP) is 3.32. The van der Waals surface area contributed by atoms with Crippen molar-refractivity contribution in [2.45, 2.75) is 51.2 Å². The van der Waals surface area contributed by atoms with E-state index in [1.807, 2.05) is 32.2 Å². The van der Waals surface area contributed by atoms with Gasteiger partial charge in [0.15, 0.2) is 5.79 Å². The molecule has 7 heteroatoms. The van der Waals surface area contributed by atoms with Crippen LogP contribution in [0.1, 0.15) is 33.2 Å². The molecule has 2 N–H and O–H groups in total. The van der Waals surface area contributed by atoms with Gasteiger partial charge >= 0.3 is 0 Å². The average Bonchev–Trinajstić information content (AvgIpc) is 3.11. The maximum absolute atomic E-state index is 6.22. The zero-order valence-corrected chi connectivity index (χ0v) is 14.7. The van der Waals surface area contributed by atoms with Crippen LogP contribution in [0.25, 0.3) is 11.0 Å². The van der Waals surface area contributed by atoms with Crippen molar-refractivity contribution >= 4 is 28.5 Å². The molecule has 2 aromatic rings. The molecular weight excluding hydrogens is 328 g/mol. The van der Waals surface area contributed by atoms with E-state index in [-0.39, 0.29) is 28.9 Å². The van der Waals surface area contributed by atoms with E-state index in [4.69, 9.17) is 26.8 Å². The van der Waals surface area contributed by atoms with Gasteiger partial charge in [-0.2, -0.15) is 4.98 Å². The number of ether oxygens (including phenoxy) is 2. The molecule has 0 unspecified atom stereocenters. The number of aromatic nitrogens is 3. The van der Waals surface area contributed by atoms with Gasteiger partial charge in [-0.15, -0.1) is 6.58 Å². The van der Waals surface area contributed by atoms with Gasteiger partial charge in [-0.1, -0.05) is 13.0 Å². The zero-order valence-electron chi connectivity index (χ0n) is 14.0. The lowest BCUT2D eigenvalue weighted by Crippen LogP contribution is -2.31. The number of rotatable bonds is 2. The Morgan fingerprint density at radius 1 is 1.38 bits per heavy atom. The first-order chi connectivity index (χ1) is 11.2. The fourth-order valence-corrected chi connectivity index (χ4v) is 4.19. The molecule has 0 aromatic carbocycles. The minimum Gasteiger partial charge on any atom is -0.383 e. The number of nitrogens with zero attached hydrogens (tertiary/aromatic N) is 3. The SMILES string of the molecule is C=C[C@@]1(C)C[C@@H](n2ccc3c(N)nc(Cl)nc32)[C@@H]2OC(C)(C)O[C@@H]21. The van der Waals surface area contributed by atoms with Gasteiger partial charge < -0.3 is 19.8 Å². The molecule has 0 amide bonds. The quantitative estimate of drug-likeness (QED) is 0.665. The van der Waals surface area contributed by atoms with Crippen molar-refractivity contribution in [2.24, 2.45) is 5.41 Å². The number of nitrogens with two attached hydrogens (primary N) is 1. The Morgan fingerprint density at radius 3 is 2.83 bits per heavy atom. The molecular formula is C17H21ClN4O2. The summed E-state index contributed by atoms with van der Waals surface area (Å²) in [6.45, 7) is 10.1. The first-order valence-electron chi connectivity index (χ1n) is 8.03. The molecule has 0 spiro atoms. The predicted molar refractivity (Wildman–Crippen MR) is 92.7 cm³/mol. The van der Waals surface area contributed by atoms with E-state index in [2.05, 4.69) is 28.0 Å². The maximum atomic E-state index is 6.22. The third-order valence-electron chi connectivity index (χ3n) is 5.20. The van der Waals surface area contributed by atoms with Crippen molar-refractivity contribution < 1.29 is 9.47 Å². The Kier molecular flexibility index (Phi) is 3.27. The summed E-state index contributed by atoms with van der Waals surface area (Å²) >= 11 is 6.01. The Balaban J connectivity index is 1.84. The monoisotopic (exact) mass is 348 g/mol. The number of anilines is 1. The Hall–Kier alpha value is -1.63. The average molecular weight is 349 g/mol. The molecule has 1 saturated heterocycles. The van der Waals surface area contributed by atoms with Gasteiger partial charge in [-0.3, -0.25) is 0 Å². The second-order valence-corrected chi connectivity index (χ2v) is 7.68. The van der Waals surface area contributed by atoms with Crippen LogP contribution in [0.15, 0.2) is 24.9 Å². The van der Waals surface area contributed by atoms with Crippen molar-refractivity contribution in [1.82, 2.24) is 14.5 Å². The Bertz CT molecular complexity index is 833. The molecule has 24 heavy (non-hydrogen) atoms. The largest absolute Gasteiger partial charge is 0.383 e. The highest BCUT2D eigenvalue weighted by Gasteiger charge is 2.59. The number of hydrogen-bond acceptors (Lipinski definition) is 5. The van der Waals surface area contributed by atoms with E-state index in [1.165, 1.54) is 0 Å². The highest BCUT2D eigenvalue weighted by atomic mass is 35.5. The third-order valence-corrected chi connectivity index (χ3v) is 5.37. The van der Waals surface area contributed by atoms with Gasteiger partial charge in [-0.25, -0.2) is 4.98 Å². The zero-order chi connectivity index (χ0) is 17.3. The fraction of sp³-hybridized carbons (Fsp3) is 0.529. The molecule has 3 heterocycles. The molecule has 4 rings (SSSR count). The van der Waals surface area contributed by atoms with Crippen LogP contribution in [0, 0.1) is 5.41 Å². The molecule has 0 bridgehead atoms. The third kappa shape index (κ3) is 2.17. The molecule has 6 nitrogen and oxygen atoms in total. The summed E-state index contributed by atoms with van der Waals surface area (Å²) in [4.78, 5) is 8.40. The summed E-state index contributed by atoms with van der Waals surface area (Å²) in [5.41, 5.74) is 6.52. The van der Waals surface area contributed by atoms with E-state index >= 15 is 0 Å². The summed E-state index contributed by atoms with van der Waals surface area (Å²) in [7, 11) is 0. The van der Waals surface area contributed by atoms with Crippen LogP contribution in [-0.2, 0) is 9.47 Å². The molecule has 0 radical (unpaired) electrons. The van der Waals surface area contributed by atoms with Crippen molar-refractivity contribution in [3.05, 3.63) is 30.2 Å². The first-order valence-corrected chi connectivity index (χ1v) is 8.41. The highest BCUT2D eigenvalue weighted by Crippen LogP contribution is 2.54. The van der Waals surface area contributed by atoms with Gasteiger partial charge in [0.25, 0.3) is 0 Å². The second-order valence-electron chi connectivity index (χ2n) is 7.34. The lowest BCUT2D eigenvalue weighted by atomic mass is 9.86. The van der Waals surface area contributed by atoms with Crippen molar-refractivity contribution in [2.75, 3.05) is 5.73 Å². The summed E-state index contributed by atoms with van der Waals surface area (Å²) in [5.74, 6) is -0.235. The van der Waals surface area contributed by atoms with E-state index in [9.17, 15) is 0 Å². The second kappa shape index (κ2) is 4.94. The normalized spacial score (nSPS) is 34.6. The first kappa shape index (κ1) is 15.9. The molecule has 1 aliphatic heterocycles. The van der Waals surface area contributed by atoms with Gasteiger partial charge in [-0.05, 0) is 37.9 Å². The number of halogens is 1. The molecule has 2 aliphatic rings. The maximum Gasteiger partial charge on any atom is 0.226 e. The topological polar surface area (TPSA) is 75.2 Å². The lowest BCUT2D eigenvalue weighted by Gasteiger charge is -2.28. The van der Waals surface area contributed by atoms with Crippen LogP contribution in [-0.4, -0.2) is 32.5 Å². The highest BCUT2D eigenvalue weighted by molar-refractivity contribution is 6.28. The molecule has 4 atom stereocenters. The van der Waals surface area contributed by atoms with Crippen LogP contribution in [0.2, 0.25) is 5.28 Å². The minimum absolute atomic E-state index is 0.0536. The number of hydrogen-bond donors (Lipinski definition) is 1. The van der Waals surface area contributed by atoms with E-state index < -0.39 is 5.79 Å². The number of nitrogen functional groups attached to an aromatic ring is 1. The van der Waals surface area contributed by atoms with Gasteiger partial charge in [0.05, 0.1) is 17.5 Å². The minimum atomic E-state index is -0.618. The molecule has 128 valence electrons. The van der Waals surface area contributed by atoms with Crippen LogP contribution in [0.3, 0.4) is 0 Å². The summed E-state index contributed by atoms with van der Waals surface area (Å²) in [6, 6.07) is 1.98. The summed E-state index contributed by atoms with van der Waals surface area (Å²) in [5, 5.41) is 0.936. The Morgan fingerprint density at radius 2 is 2.12 bits per heavy atom. The lowest BCUT2D eigenvalue weighted by molar-refractivity contribution is -0.164. The molecule has 1 saturated carbocycles. The van der Waals surface area contributed by atoms with E-state index in [1.54, 1.807) is 0 Å². The fourth-order valence-electron chi connectivity index (χ4n) is 4.02. The van der Waals surface area contributed by atoms with Crippen LogP contribution in [0.4, 0.5) is 5.82 Å². The summed E-state index contributed by atoms with van der Waals surface area (Å²) < 4.78 is 14.5. The molecule has 1 aliphatic carbocycles. The standard InChI is InChI=1S/C17H21ClN4O2/c1-5-17(4)8-10(11-12(17)24-16(2,3)23-11)22-7-6-9-13(19)20-15(18)21-14(9)22/h5-7,10-12H,1,8H2,2-4H3,(H2,19,20,21)/t10-,11+,12+,17+/m1/s1. The van der Waals surface area contributed by atoms with Gasteiger partial charge in [0.1, 0.15) is 17.6 Å². The number of fused-ring (bicyclic) bond motifs is 2. The Labute approximate surface area is 145 Å². The van der Waals surface area contributed by atoms with E-state index in [0.717, 1.165) is 17.5 Å². The van der Waals surface area contributed by atoms with Gasteiger partial charge in [0.2, 0.25) is 5.28 Å². The van der Waals surface area contributed by atoms with Crippen LogP contribution >= 0.6 is 11.6 Å². The van der Waals surface area contributed by atoms with Crippen LogP contribution < -0.4 is 5.73 Å². The van der Waals surface area contributed by atoms with Gasteiger partial charge in [0, 0.05) is 11.6 Å². The molecule has 2 aromatic heterocycles. The van der Waals surface area contributed by atoms with Crippen molar-refractivity contribution in [3.8, 4) is 0 Å². The summed E-state index contributed by atoms with van der Waals surface area (Å²) in [6.07, 6.45) is 4.64.